The molecule has 3 unspecified atom stereocenters. The van der Waals surface area contributed by atoms with Crippen LogP contribution in [0.5, 0.6) is 0 Å². The lowest BCUT2D eigenvalue weighted by atomic mass is 9.62. The molecule has 13 heavy (non-hydrogen) atoms. The van der Waals surface area contributed by atoms with E-state index in [2.05, 4.69) is 6.08 Å². The molecule has 72 valence electrons. The number of hydrogen-bond acceptors (Lipinski definition) is 2. The van der Waals surface area contributed by atoms with Crippen molar-refractivity contribution in [2.24, 2.45) is 11.3 Å². The third kappa shape index (κ3) is 1.44. The van der Waals surface area contributed by atoms with Gasteiger partial charge in [-0.3, -0.25) is 4.79 Å². The standard InChI is InChI=1S/C11H16O2/c1-8(12)7-11-4-2-9(3-5-11)6-10(11)13/h2,4,8-9,12H,3,5-7H2,1H3. The van der Waals surface area contributed by atoms with Crippen molar-refractivity contribution in [3.8, 4) is 0 Å². The van der Waals surface area contributed by atoms with Crippen molar-refractivity contribution in [3.63, 3.8) is 0 Å². The van der Waals surface area contributed by atoms with Crippen molar-refractivity contribution in [1.82, 2.24) is 0 Å². The maximum absolute atomic E-state index is 11.8. The van der Waals surface area contributed by atoms with E-state index in [0.29, 0.717) is 24.5 Å². The molecule has 0 radical (unpaired) electrons. The molecular formula is C11H16O2. The van der Waals surface area contributed by atoms with Crippen LogP contribution in [0.2, 0.25) is 0 Å². The Hall–Kier alpha value is -0.630. The second kappa shape index (κ2) is 2.95. The van der Waals surface area contributed by atoms with Gasteiger partial charge in [-0.1, -0.05) is 12.2 Å². The number of rotatable bonds is 2. The van der Waals surface area contributed by atoms with Gasteiger partial charge in [-0.25, -0.2) is 0 Å². The molecule has 0 aromatic carbocycles. The van der Waals surface area contributed by atoms with E-state index in [4.69, 9.17) is 0 Å². The zero-order chi connectivity index (χ0) is 9.47. The Bertz CT molecular complexity index is 255. The van der Waals surface area contributed by atoms with Gasteiger partial charge in [0.1, 0.15) is 5.78 Å². The second-order valence-electron chi connectivity index (χ2n) is 4.49. The Balaban J connectivity index is 2.23. The number of Topliss-reactive ketones (excluding diaryl/α,β-unsaturated/α-hetero) is 1. The van der Waals surface area contributed by atoms with Gasteiger partial charge in [-0.2, -0.15) is 0 Å². The molecule has 1 fully saturated rings. The molecule has 2 nitrogen and oxygen atoms in total. The Kier molecular flexibility index (Phi) is 2.03. The molecule has 0 aromatic rings. The Morgan fingerprint density at radius 2 is 2.54 bits per heavy atom. The largest absolute Gasteiger partial charge is 0.393 e. The monoisotopic (exact) mass is 180 g/mol. The van der Waals surface area contributed by atoms with Crippen LogP contribution >= 0.6 is 0 Å². The zero-order valence-electron chi connectivity index (χ0n) is 7.99. The molecule has 2 heteroatoms. The highest BCUT2D eigenvalue weighted by atomic mass is 16.3. The van der Waals surface area contributed by atoms with Crippen LogP contribution in [0.3, 0.4) is 0 Å². The van der Waals surface area contributed by atoms with Gasteiger partial charge in [0.25, 0.3) is 0 Å². The van der Waals surface area contributed by atoms with Gasteiger partial charge in [0, 0.05) is 11.8 Å². The van der Waals surface area contributed by atoms with Crippen molar-refractivity contribution < 1.29 is 9.90 Å². The van der Waals surface area contributed by atoms with Gasteiger partial charge in [0.05, 0.1) is 6.10 Å². The predicted octanol–water partition coefficient (Wildman–Crippen LogP) is 1.68. The SMILES string of the molecule is CC(O)CC12C=CC(CC1)CC2=O. The lowest BCUT2D eigenvalue weighted by Crippen LogP contribution is -2.40. The first-order chi connectivity index (χ1) is 6.12. The van der Waals surface area contributed by atoms with Crippen LogP contribution in [-0.4, -0.2) is 17.0 Å². The minimum absolute atomic E-state index is 0.303. The average Bonchev–Trinajstić information content (AvgIpc) is 2.06. The summed E-state index contributed by atoms with van der Waals surface area (Å²) in [4.78, 5) is 11.8. The molecule has 0 aliphatic heterocycles. The first kappa shape index (κ1) is 8.95. The highest BCUT2D eigenvalue weighted by molar-refractivity contribution is 5.89. The molecule has 0 heterocycles. The van der Waals surface area contributed by atoms with E-state index in [1.54, 1.807) is 6.92 Å². The van der Waals surface area contributed by atoms with Crippen molar-refractivity contribution in [3.05, 3.63) is 12.2 Å². The van der Waals surface area contributed by atoms with Crippen LogP contribution in [0.25, 0.3) is 0 Å². The van der Waals surface area contributed by atoms with Gasteiger partial charge in [-0.05, 0) is 32.1 Å². The first-order valence-electron chi connectivity index (χ1n) is 5.03. The maximum Gasteiger partial charge on any atom is 0.143 e. The lowest BCUT2D eigenvalue weighted by Gasteiger charge is -2.41. The van der Waals surface area contributed by atoms with Crippen LogP contribution in [-0.2, 0) is 4.79 Å². The zero-order valence-corrected chi connectivity index (χ0v) is 7.99. The fourth-order valence-corrected chi connectivity index (χ4v) is 2.60. The molecule has 3 rings (SSSR count). The maximum atomic E-state index is 11.8. The number of aliphatic hydroxyl groups excluding tert-OH is 1. The van der Waals surface area contributed by atoms with E-state index in [0.717, 1.165) is 12.8 Å². The number of carbonyl (C=O) groups excluding carboxylic acids is 1. The molecule has 0 aromatic heterocycles. The highest BCUT2D eigenvalue weighted by Crippen LogP contribution is 2.45. The predicted molar refractivity (Wildman–Crippen MR) is 50.2 cm³/mol. The fourth-order valence-electron chi connectivity index (χ4n) is 2.60. The molecule has 2 bridgehead atoms. The Morgan fingerprint density at radius 3 is 3.00 bits per heavy atom. The first-order valence-corrected chi connectivity index (χ1v) is 5.03. The van der Waals surface area contributed by atoms with Gasteiger partial charge in [0.2, 0.25) is 0 Å². The van der Waals surface area contributed by atoms with Crippen LogP contribution in [0, 0.1) is 11.3 Å². The molecule has 0 spiro atoms. The number of carbonyl (C=O) groups is 1. The lowest BCUT2D eigenvalue weighted by molar-refractivity contribution is -0.132. The molecule has 0 saturated heterocycles. The molecule has 3 atom stereocenters. The summed E-state index contributed by atoms with van der Waals surface area (Å²) in [7, 11) is 0. The smallest absolute Gasteiger partial charge is 0.143 e. The molecule has 1 saturated carbocycles. The average molecular weight is 180 g/mol. The summed E-state index contributed by atoms with van der Waals surface area (Å²) in [6.07, 6.45) is 7.20. The van der Waals surface area contributed by atoms with E-state index in [1.807, 2.05) is 6.08 Å². The van der Waals surface area contributed by atoms with E-state index < -0.39 is 0 Å². The van der Waals surface area contributed by atoms with E-state index in [-0.39, 0.29) is 11.5 Å². The molecule has 3 aliphatic rings. The van der Waals surface area contributed by atoms with Gasteiger partial charge in [-0.15, -0.1) is 0 Å². The summed E-state index contributed by atoms with van der Waals surface area (Å²) in [5.41, 5.74) is -0.303. The summed E-state index contributed by atoms with van der Waals surface area (Å²) < 4.78 is 0. The molecule has 3 aliphatic carbocycles. The summed E-state index contributed by atoms with van der Waals surface area (Å²) in [5, 5.41) is 9.35. The topological polar surface area (TPSA) is 37.3 Å². The number of fused-ring (bicyclic) bond motifs is 2. The van der Waals surface area contributed by atoms with Crippen molar-refractivity contribution in [1.29, 1.82) is 0 Å². The quantitative estimate of drug-likeness (QED) is 0.656. The summed E-state index contributed by atoms with van der Waals surface area (Å²) in [6, 6.07) is 0. The highest BCUT2D eigenvalue weighted by Gasteiger charge is 2.43. The number of allylic oxidation sites excluding steroid dienone is 2. The third-order valence-corrected chi connectivity index (χ3v) is 3.31. The normalized spacial score (nSPS) is 39.5. The number of hydrogen-bond donors (Lipinski definition) is 1. The van der Waals surface area contributed by atoms with Crippen molar-refractivity contribution in [2.45, 2.75) is 38.7 Å². The van der Waals surface area contributed by atoms with Gasteiger partial charge >= 0.3 is 0 Å². The Morgan fingerprint density at radius 1 is 1.77 bits per heavy atom. The van der Waals surface area contributed by atoms with Crippen molar-refractivity contribution in [2.75, 3.05) is 0 Å². The van der Waals surface area contributed by atoms with E-state index in [9.17, 15) is 9.90 Å². The van der Waals surface area contributed by atoms with Crippen molar-refractivity contribution >= 4 is 5.78 Å². The van der Waals surface area contributed by atoms with Gasteiger partial charge in [0.15, 0.2) is 0 Å². The summed E-state index contributed by atoms with van der Waals surface area (Å²) in [6.45, 7) is 1.76. The summed E-state index contributed by atoms with van der Waals surface area (Å²) >= 11 is 0. The van der Waals surface area contributed by atoms with Crippen LogP contribution in [0.4, 0.5) is 0 Å². The van der Waals surface area contributed by atoms with Crippen LogP contribution < -0.4 is 0 Å². The minimum atomic E-state index is -0.372. The van der Waals surface area contributed by atoms with Gasteiger partial charge < -0.3 is 5.11 Å². The fraction of sp³-hybridized carbons (Fsp3) is 0.727. The Labute approximate surface area is 78.6 Å². The minimum Gasteiger partial charge on any atom is -0.393 e. The third-order valence-electron chi connectivity index (χ3n) is 3.31. The second-order valence-corrected chi connectivity index (χ2v) is 4.49. The molecule has 1 N–H and O–H groups in total. The molecular weight excluding hydrogens is 164 g/mol. The number of ketones is 1. The molecule has 0 amide bonds. The van der Waals surface area contributed by atoms with Crippen LogP contribution in [0.15, 0.2) is 12.2 Å². The number of aliphatic hydroxyl groups is 1. The van der Waals surface area contributed by atoms with E-state index in [1.165, 1.54) is 0 Å². The summed E-state index contributed by atoms with van der Waals surface area (Å²) in [5.74, 6) is 0.829. The van der Waals surface area contributed by atoms with E-state index >= 15 is 0 Å². The van der Waals surface area contributed by atoms with Crippen LogP contribution in [0.1, 0.15) is 32.6 Å².